The number of rotatable bonds is 4. The summed E-state index contributed by atoms with van der Waals surface area (Å²) < 4.78 is 5.31. The molecule has 18 heavy (non-hydrogen) atoms. The van der Waals surface area contributed by atoms with E-state index < -0.39 is 0 Å². The Kier molecular flexibility index (Phi) is 4.38. The van der Waals surface area contributed by atoms with Crippen LogP contribution in [-0.2, 0) is 0 Å². The van der Waals surface area contributed by atoms with Crippen LogP contribution in [0.2, 0.25) is 0 Å². The van der Waals surface area contributed by atoms with Crippen LogP contribution in [0.15, 0.2) is 4.52 Å². The summed E-state index contributed by atoms with van der Waals surface area (Å²) in [5.41, 5.74) is 6.03. The van der Waals surface area contributed by atoms with Crippen molar-refractivity contribution in [2.24, 2.45) is 17.6 Å². The summed E-state index contributed by atoms with van der Waals surface area (Å²) in [5.74, 6) is 3.16. The maximum Gasteiger partial charge on any atom is 0.243 e. The van der Waals surface area contributed by atoms with Gasteiger partial charge in [-0.05, 0) is 37.5 Å². The van der Waals surface area contributed by atoms with E-state index in [9.17, 15) is 0 Å². The van der Waals surface area contributed by atoms with Crippen molar-refractivity contribution in [3.63, 3.8) is 0 Å². The van der Waals surface area contributed by atoms with Gasteiger partial charge in [-0.15, -0.1) is 0 Å². The lowest BCUT2D eigenvalue weighted by Crippen LogP contribution is -2.17. The molecule has 1 saturated carbocycles. The van der Waals surface area contributed by atoms with Gasteiger partial charge in [0.15, 0.2) is 5.82 Å². The standard InChI is InChI=1S/C14H25N3O/c1-4-10-5-7-11(8-6-10)13-16-14(18-17-13)12(15)9(2)3/h9-12H,4-8,15H2,1-3H3. The fraction of sp³-hybridized carbons (Fsp3) is 0.857. The van der Waals surface area contributed by atoms with Gasteiger partial charge in [0.25, 0.3) is 0 Å². The van der Waals surface area contributed by atoms with E-state index in [-0.39, 0.29) is 6.04 Å². The monoisotopic (exact) mass is 251 g/mol. The lowest BCUT2D eigenvalue weighted by molar-refractivity contribution is 0.297. The van der Waals surface area contributed by atoms with E-state index in [1.807, 2.05) is 0 Å². The van der Waals surface area contributed by atoms with Crippen molar-refractivity contribution < 1.29 is 4.52 Å². The van der Waals surface area contributed by atoms with Crippen molar-refractivity contribution in [1.29, 1.82) is 0 Å². The molecule has 0 aromatic carbocycles. The quantitative estimate of drug-likeness (QED) is 0.890. The summed E-state index contributed by atoms with van der Waals surface area (Å²) in [6.07, 6.45) is 6.26. The molecule has 1 fully saturated rings. The molecule has 1 aromatic heterocycles. The minimum atomic E-state index is -0.141. The Hall–Kier alpha value is -0.900. The second-order valence-electron chi connectivity index (χ2n) is 5.89. The van der Waals surface area contributed by atoms with Crippen LogP contribution in [0.25, 0.3) is 0 Å². The van der Waals surface area contributed by atoms with Gasteiger partial charge < -0.3 is 10.3 Å². The lowest BCUT2D eigenvalue weighted by atomic mass is 9.80. The maximum absolute atomic E-state index is 6.03. The molecular weight excluding hydrogens is 226 g/mol. The summed E-state index contributed by atoms with van der Waals surface area (Å²) in [6.45, 7) is 6.42. The summed E-state index contributed by atoms with van der Waals surface area (Å²) in [5, 5.41) is 4.13. The van der Waals surface area contributed by atoms with Crippen molar-refractivity contribution in [3.05, 3.63) is 11.7 Å². The van der Waals surface area contributed by atoms with E-state index >= 15 is 0 Å². The highest BCUT2D eigenvalue weighted by atomic mass is 16.5. The Labute approximate surface area is 109 Å². The lowest BCUT2D eigenvalue weighted by Gasteiger charge is -2.25. The van der Waals surface area contributed by atoms with E-state index in [0.29, 0.717) is 17.7 Å². The van der Waals surface area contributed by atoms with Crippen molar-refractivity contribution in [2.45, 2.75) is 64.8 Å². The van der Waals surface area contributed by atoms with E-state index in [0.717, 1.165) is 11.7 Å². The smallest absolute Gasteiger partial charge is 0.243 e. The predicted molar refractivity (Wildman–Crippen MR) is 71.1 cm³/mol. The predicted octanol–water partition coefficient (Wildman–Crippen LogP) is 3.41. The fourth-order valence-corrected chi connectivity index (χ4v) is 2.66. The molecular formula is C14H25N3O. The average Bonchev–Trinajstić information content (AvgIpc) is 2.87. The summed E-state index contributed by atoms with van der Waals surface area (Å²) in [7, 11) is 0. The molecule has 0 radical (unpaired) electrons. The zero-order valence-electron chi connectivity index (χ0n) is 11.7. The van der Waals surface area contributed by atoms with Crippen LogP contribution in [0, 0.1) is 11.8 Å². The first-order valence-corrected chi connectivity index (χ1v) is 7.20. The molecule has 0 bridgehead atoms. The molecule has 4 nitrogen and oxygen atoms in total. The van der Waals surface area contributed by atoms with Crippen molar-refractivity contribution >= 4 is 0 Å². The first kappa shape index (κ1) is 13.5. The minimum absolute atomic E-state index is 0.141. The van der Waals surface area contributed by atoms with Gasteiger partial charge in [0.05, 0.1) is 6.04 Å². The SMILES string of the molecule is CCC1CCC(c2noc(C(N)C(C)C)n2)CC1. The third kappa shape index (κ3) is 2.91. The second kappa shape index (κ2) is 5.83. The summed E-state index contributed by atoms with van der Waals surface area (Å²) in [6, 6.07) is -0.141. The molecule has 4 heteroatoms. The van der Waals surface area contributed by atoms with Gasteiger partial charge in [0.1, 0.15) is 0 Å². The molecule has 1 unspecified atom stereocenters. The van der Waals surface area contributed by atoms with Crippen LogP contribution in [0.4, 0.5) is 0 Å². The van der Waals surface area contributed by atoms with Crippen molar-refractivity contribution in [2.75, 3.05) is 0 Å². The molecule has 0 saturated heterocycles. The zero-order valence-corrected chi connectivity index (χ0v) is 11.7. The zero-order chi connectivity index (χ0) is 13.1. The van der Waals surface area contributed by atoms with Gasteiger partial charge in [0, 0.05) is 5.92 Å². The Balaban J connectivity index is 1.98. The van der Waals surface area contributed by atoms with Gasteiger partial charge in [-0.25, -0.2) is 0 Å². The van der Waals surface area contributed by atoms with Crippen LogP contribution in [-0.4, -0.2) is 10.1 Å². The van der Waals surface area contributed by atoms with Crippen LogP contribution < -0.4 is 5.73 Å². The summed E-state index contributed by atoms with van der Waals surface area (Å²) >= 11 is 0. The third-order valence-electron chi connectivity index (χ3n) is 4.25. The molecule has 1 atom stereocenters. The van der Waals surface area contributed by atoms with Crippen LogP contribution >= 0.6 is 0 Å². The number of aromatic nitrogens is 2. The first-order chi connectivity index (χ1) is 8.61. The molecule has 1 aliphatic carbocycles. The Morgan fingerprint density at radius 1 is 1.28 bits per heavy atom. The highest BCUT2D eigenvalue weighted by Crippen LogP contribution is 2.36. The Bertz CT molecular complexity index is 367. The van der Waals surface area contributed by atoms with Gasteiger partial charge >= 0.3 is 0 Å². The number of hydrogen-bond acceptors (Lipinski definition) is 4. The fourth-order valence-electron chi connectivity index (χ4n) is 2.66. The second-order valence-corrected chi connectivity index (χ2v) is 5.89. The van der Waals surface area contributed by atoms with Gasteiger partial charge in [-0.2, -0.15) is 4.98 Å². The normalized spacial score (nSPS) is 26.5. The summed E-state index contributed by atoms with van der Waals surface area (Å²) in [4.78, 5) is 4.50. The van der Waals surface area contributed by atoms with E-state index in [4.69, 9.17) is 10.3 Å². The van der Waals surface area contributed by atoms with Crippen LogP contribution in [0.1, 0.15) is 76.6 Å². The Morgan fingerprint density at radius 2 is 1.94 bits per heavy atom. The van der Waals surface area contributed by atoms with Gasteiger partial charge in [-0.3, -0.25) is 0 Å². The molecule has 2 rings (SSSR count). The molecule has 1 aliphatic rings. The third-order valence-corrected chi connectivity index (χ3v) is 4.25. The Morgan fingerprint density at radius 3 is 2.50 bits per heavy atom. The maximum atomic E-state index is 6.03. The first-order valence-electron chi connectivity index (χ1n) is 7.20. The average molecular weight is 251 g/mol. The van der Waals surface area contributed by atoms with Gasteiger partial charge in [-0.1, -0.05) is 32.3 Å². The van der Waals surface area contributed by atoms with E-state index in [1.165, 1.54) is 32.1 Å². The molecule has 1 heterocycles. The highest BCUT2D eigenvalue weighted by Gasteiger charge is 2.26. The topological polar surface area (TPSA) is 64.9 Å². The molecule has 0 aliphatic heterocycles. The highest BCUT2D eigenvalue weighted by molar-refractivity contribution is 5.00. The van der Waals surface area contributed by atoms with E-state index in [1.54, 1.807) is 0 Å². The van der Waals surface area contributed by atoms with Crippen LogP contribution in [0.3, 0.4) is 0 Å². The van der Waals surface area contributed by atoms with Crippen molar-refractivity contribution in [3.8, 4) is 0 Å². The minimum Gasteiger partial charge on any atom is -0.338 e. The molecule has 102 valence electrons. The number of hydrogen-bond donors (Lipinski definition) is 1. The molecule has 1 aromatic rings. The van der Waals surface area contributed by atoms with Gasteiger partial charge in [0.2, 0.25) is 5.89 Å². The van der Waals surface area contributed by atoms with Crippen LogP contribution in [0.5, 0.6) is 0 Å². The molecule has 0 spiro atoms. The number of nitrogens with two attached hydrogens (primary N) is 1. The number of nitrogens with zero attached hydrogens (tertiary/aromatic N) is 2. The molecule has 0 amide bonds. The largest absolute Gasteiger partial charge is 0.338 e. The van der Waals surface area contributed by atoms with E-state index in [2.05, 4.69) is 30.9 Å². The molecule has 2 N–H and O–H groups in total. The van der Waals surface area contributed by atoms with Crippen molar-refractivity contribution in [1.82, 2.24) is 10.1 Å².